The minimum absolute atomic E-state index is 0.140. The van der Waals surface area contributed by atoms with Crippen molar-refractivity contribution < 1.29 is 9.59 Å². The summed E-state index contributed by atoms with van der Waals surface area (Å²) in [6.45, 7) is 0.930. The minimum atomic E-state index is -0.196. The Morgan fingerprint density at radius 1 is 0.812 bits per heavy atom. The van der Waals surface area contributed by atoms with Crippen LogP contribution in [0.25, 0.3) is 11.3 Å². The second-order valence-electron chi connectivity index (χ2n) is 7.40. The van der Waals surface area contributed by atoms with Gasteiger partial charge in [0.1, 0.15) is 5.69 Å². The Hall–Kier alpha value is -4.19. The third kappa shape index (κ3) is 4.92. The van der Waals surface area contributed by atoms with E-state index in [2.05, 4.69) is 10.6 Å². The summed E-state index contributed by atoms with van der Waals surface area (Å²) in [7, 11) is 1.60. The van der Waals surface area contributed by atoms with E-state index < -0.39 is 0 Å². The number of benzene rings is 3. The van der Waals surface area contributed by atoms with Gasteiger partial charge in [-0.1, -0.05) is 72.8 Å². The topological polar surface area (TPSA) is 76.0 Å². The van der Waals surface area contributed by atoms with E-state index in [1.54, 1.807) is 30.1 Å². The van der Waals surface area contributed by atoms with Crippen molar-refractivity contribution in [3.63, 3.8) is 0 Å². The van der Waals surface area contributed by atoms with Crippen molar-refractivity contribution in [1.29, 1.82) is 0 Å². The lowest BCUT2D eigenvalue weighted by atomic mass is 10.1. The molecular formula is C26H24N4O2. The first-order chi connectivity index (χ1) is 15.6. The van der Waals surface area contributed by atoms with Gasteiger partial charge in [0.25, 0.3) is 11.8 Å². The Morgan fingerprint density at radius 3 is 2.12 bits per heavy atom. The molecule has 2 N–H and O–H groups in total. The summed E-state index contributed by atoms with van der Waals surface area (Å²) in [6.07, 6.45) is 1.79. The average molecular weight is 425 g/mol. The lowest BCUT2D eigenvalue weighted by Crippen LogP contribution is -2.23. The van der Waals surface area contributed by atoms with Crippen molar-refractivity contribution in [3.05, 3.63) is 113 Å². The molecule has 4 rings (SSSR count). The molecular weight excluding hydrogens is 400 g/mol. The Morgan fingerprint density at radius 2 is 1.47 bits per heavy atom. The van der Waals surface area contributed by atoms with Crippen LogP contribution in [0.2, 0.25) is 0 Å². The van der Waals surface area contributed by atoms with Crippen LogP contribution in [0, 0.1) is 0 Å². The fourth-order valence-electron chi connectivity index (χ4n) is 3.44. The Labute approximate surface area is 186 Å². The van der Waals surface area contributed by atoms with Crippen molar-refractivity contribution in [3.8, 4) is 11.3 Å². The Kier molecular flexibility index (Phi) is 6.41. The number of amides is 2. The van der Waals surface area contributed by atoms with E-state index >= 15 is 0 Å². The molecule has 32 heavy (non-hydrogen) atoms. The van der Waals surface area contributed by atoms with Gasteiger partial charge in [-0.05, 0) is 23.3 Å². The zero-order valence-electron chi connectivity index (χ0n) is 17.8. The van der Waals surface area contributed by atoms with Crippen LogP contribution in [0.4, 0.5) is 0 Å². The smallest absolute Gasteiger partial charge is 0.255 e. The van der Waals surface area contributed by atoms with E-state index in [1.165, 1.54) is 0 Å². The fourth-order valence-corrected chi connectivity index (χ4v) is 3.44. The number of nitrogens with zero attached hydrogens (tertiary/aromatic N) is 2. The number of rotatable bonds is 7. The van der Waals surface area contributed by atoms with Gasteiger partial charge in [0.15, 0.2) is 0 Å². The number of aromatic nitrogens is 2. The minimum Gasteiger partial charge on any atom is -0.355 e. The zero-order valence-corrected chi connectivity index (χ0v) is 17.8. The molecule has 0 spiro atoms. The summed E-state index contributed by atoms with van der Waals surface area (Å²) in [5.41, 5.74) is 4.65. The van der Waals surface area contributed by atoms with Gasteiger partial charge in [-0.15, -0.1) is 0 Å². The van der Waals surface area contributed by atoms with Crippen molar-refractivity contribution >= 4 is 11.8 Å². The molecule has 3 aromatic carbocycles. The largest absolute Gasteiger partial charge is 0.355 e. The highest BCUT2D eigenvalue weighted by Gasteiger charge is 2.18. The Balaban J connectivity index is 1.54. The van der Waals surface area contributed by atoms with Crippen molar-refractivity contribution in [1.82, 2.24) is 20.4 Å². The standard InChI is InChI=1S/C26H24N4O2/c1-27-25(31)22-14-12-19(13-15-22)16-28-26(32)23-18-30(17-20-8-4-2-5-9-20)29-24(23)21-10-6-3-7-11-21/h2-15,18H,16-17H2,1H3,(H,27,31)(H,28,32). The van der Waals surface area contributed by atoms with Crippen molar-refractivity contribution in [2.45, 2.75) is 13.1 Å². The first-order valence-corrected chi connectivity index (χ1v) is 10.4. The third-order valence-corrected chi connectivity index (χ3v) is 5.14. The molecule has 0 aliphatic rings. The molecule has 0 atom stereocenters. The van der Waals surface area contributed by atoms with Gasteiger partial charge in [0, 0.05) is 30.9 Å². The molecule has 0 fully saturated rings. The van der Waals surface area contributed by atoms with E-state index in [9.17, 15) is 9.59 Å². The summed E-state index contributed by atoms with van der Waals surface area (Å²) in [6, 6.07) is 26.9. The number of hydrogen-bond donors (Lipinski definition) is 2. The van der Waals surface area contributed by atoms with Crippen LogP contribution in [-0.4, -0.2) is 28.6 Å². The molecule has 0 saturated carbocycles. The lowest BCUT2D eigenvalue weighted by Gasteiger charge is -2.07. The molecule has 160 valence electrons. The molecule has 0 radical (unpaired) electrons. The summed E-state index contributed by atoms with van der Waals surface area (Å²) >= 11 is 0. The highest BCUT2D eigenvalue weighted by atomic mass is 16.2. The van der Waals surface area contributed by atoms with E-state index in [1.807, 2.05) is 72.8 Å². The van der Waals surface area contributed by atoms with Gasteiger partial charge in [-0.3, -0.25) is 14.3 Å². The number of carbonyl (C=O) groups is 2. The lowest BCUT2D eigenvalue weighted by molar-refractivity contribution is 0.0946. The van der Waals surface area contributed by atoms with E-state index in [0.717, 1.165) is 16.7 Å². The molecule has 2 amide bonds. The maximum absolute atomic E-state index is 13.1. The highest BCUT2D eigenvalue weighted by Crippen LogP contribution is 2.22. The van der Waals surface area contributed by atoms with Crippen LogP contribution in [-0.2, 0) is 13.1 Å². The maximum atomic E-state index is 13.1. The third-order valence-electron chi connectivity index (χ3n) is 5.14. The summed E-state index contributed by atoms with van der Waals surface area (Å²) in [5.74, 6) is -0.336. The second kappa shape index (κ2) is 9.75. The Bertz CT molecular complexity index is 1200. The fraction of sp³-hybridized carbons (Fsp3) is 0.115. The summed E-state index contributed by atoms with van der Waals surface area (Å²) < 4.78 is 1.80. The maximum Gasteiger partial charge on any atom is 0.255 e. The van der Waals surface area contributed by atoms with Gasteiger partial charge in [-0.25, -0.2) is 0 Å². The van der Waals surface area contributed by atoms with Gasteiger partial charge in [0.2, 0.25) is 0 Å². The number of carbonyl (C=O) groups excluding carboxylic acids is 2. The van der Waals surface area contributed by atoms with Crippen LogP contribution in [0.3, 0.4) is 0 Å². The monoisotopic (exact) mass is 424 g/mol. The molecule has 0 bridgehead atoms. The van der Waals surface area contributed by atoms with Crippen molar-refractivity contribution in [2.75, 3.05) is 7.05 Å². The molecule has 6 heteroatoms. The molecule has 4 aromatic rings. The van der Waals surface area contributed by atoms with Crippen LogP contribution < -0.4 is 10.6 Å². The highest BCUT2D eigenvalue weighted by molar-refractivity contribution is 5.99. The first kappa shape index (κ1) is 21.1. The van der Waals surface area contributed by atoms with Crippen LogP contribution in [0.1, 0.15) is 31.8 Å². The van der Waals surface area contributed by atoms with E-state index in [0.29, 0.717) is 29.9 Å². The van der Waals surface area contributed by atoms with Gasteiger partial charge in [0.05, 0.1) is 12.1 Å². The predicted octanol–water partition coefficient (Wildman–Crippen LogP) is 3.89. The predicted molar refractivity (Wildman–Crippen MR) is 124 cm³/mol. The average Bonchev–Trinajstić information content (AvgIpc) is 3.27. The van der Waals surface area contributed by atoms with Gasteiger partial charge < -0.3 is 10.6 Å². The molecule has 6 nitrogen and oxygen atoms in total. The van der Waals surface area contributed by atoms with Gasteiger partial charge in [-0.2, -0.15) is 5.10 Å². The van der Waals surface area contributed by atoms with E-state index in [4.69, 9.17) is 5.10 Å². The molecule has 0 aliphatic carbocycles. The SMILES string of the molecule is CNC(=O)c1ccc(CNC(=O)c2cn(Cc3ccccc3)nc2-c2ccccc2)cc1. The second-order valence-corrected chi connectivity index (χ2v) is 7.40. The molecule has 1 heterocycles. The van der Waals surface area contributed by atoms with Gasteiger partial charge >= 0.3 is 0 Å². The molecule has 0 aliphatic heterocycles. The van der Waals surface area contributed by atoms with Crippen LogP contribution in [0.15, 0.2) is 91.1 Å². The summed E-state index contributed by atoms with van der Waals surface area (Å²) in [5, 5.41) is 10.3. The van der Waals surface area contributed by atoms with Crippen molar-refractivity contribution in [2.24, 2.45) is 0 Å². The van der Waals surface area contributed by atoms with Crippen LogP contribution in [0.5, 0.6) is 0 Å². The normalized spacial score (nSPS) is 10.5. The molecule has 1 aromatic heterocycles. The first-order valence-electron chi connectivity index (χ1n) is 10.4. The quantitative estimate of drug-likeness (QED) is 0.473. The molecule has 0 saturated heterocycles. The number of nitrogens with one attached hydrogen (secondary N) is 2. The number of hydrogen-bond acceptors (Lipinski definition) is 3. The van der Waals surface area contributed by atoms with Crippen LogP contribution >= 0.6 is 0 Å². The van der Waals surface area contributed by atoms with E-state index in [-0.39, 0.29) is 11.8 Å². The molecule has 0 unspecified atom stereocenters. The summed E-state index contributed by atoms with van der Waals surface area (Å²) in [4.78, 5) is 24.8. The zero-order chi connectivity index (χ0) is 22.3.